The summed E-state index contributed by atoms with van der Waals surface area (Å²) in [4.78, 5) is 12.5. The van der Waals surface area contributed by atoms with Crippen molar-refractivity contribution in [2.24, 2.45) is 0 Å². The third-order valence-corrected chi connectivity index (χ3v) is 3.48. The first-order chi connectivity index (χ1) is 9.11. The molecule has 0 spiro atoms. The molecular formula is C15H15NO2S. The van der Waals surface area contributed by atoms with Gasteiger partial charge in [0.15, 0.2) is 5.78 Å². The van der Waals surface area contributed by atoms with Crippen LogP contribution >= 0.6 is 11.8 Å². The summed E-state index contributed by atoms with van der Waals surface area (Å²) < 4.78 is 5.82. The largest absolute Gasteiger partial charge is 0.456 e. The van der Waals surface area contributed by atoms with E-state index in [1.807, 2.05) is 30.5 Å². The van der Waals surface area contributed by atoms with E-state index in [1.54, 1.807) is 30.0 Å². The van der Waals surface area contributed by atoms with E-state index < -0.39 is 0 Å². The van der Waals surface area contributed by atoms with Crippen LogP contribution in [0.4, 0.5) is 5.69 Å². The van der Waals surface area contributed by atoms with Crippen molar-refractivity contribution in [3.8, 4) is 11.5 Å². The van der Waals surface area contributed by atoms with Crippen LogP contribution in [0.2, 0.25) is 0 Å². The molecule has 0 bridgehead atoms. The number of rotatable bonds is 4. The average Bonchev–Trinajstić information content (AvgIpc) is 2.41. The van der Waals surface area contributed by atoms with Crippen molar-refractivity contribution in [1.82, 2.24) is 0 Å². The van der Waals surface area contributed by atoms with Crippen molar-refractivity contribution in [3.63, 3.8) is 0 Å². The summed E-state index contributed by atoms with van der Waals surface area (Å²) in [7, 11) is 0. The van der Waals surface area contributed by atoms with Gasteiger partial charge in [0, 0.05) is 16.1 Å². The Bertz CT molecular complexity index is 611. The van der Waals surface area contributed by atoms with E-state index in [4.69, 9.17) is 10.5 Å². The Labute approximate surface area is 116 Å². The molecule has 0 aliphatic heterocycles. The van der Waals surface area contributed by atoms with Crippen LogP contribution in [0.15, 0.2) is 47.4 Å². The summed E-state index contributed by atoms with van der Waals surface area (Å²) in [6.45, 7) is 1.49. The van der Waals surface area contributed by atoms with Crippen molar-refractivity contribution < 1.29 is 9.53 Å². The van der Waals surface area contributed by atoms with E-state index in [-0.39, 0.29) is 5.78 Å². The van der Waals surface area contributed by atoms with Crippen molar-refractivity contribution in [2.75, 3.05) is 12.0 Å². The monoisotopic (exact) mass is 273 g/mol. The molecule has 0 aromatic heterocycles. The normalized spacial score (nSPS) is 10.2. The molecule has 2 aromatic rings. The molecule has 0 aliphatic carbocycles. The number of Topliss-reactive ketones (excluding diaryl/α,β-unsaturated/α-hetero) is 1. The van der Waals surface area contributed by atoms with Gasteiger partial charge in [-0.2, -0.15) is 0 Å². The summed E-state index contributed by atoms with van der Waals surface area (Å²) in [5.41, 5.74) is 6.72. The van der Waals surface area contributed by atoms with Gasteiger partial charge in [-0.15, -0.1) is 11.8 Å². The van der Waals surface area contributed by atoms with E-state index in [2.05, 4.69) is 0 Å². The molecule has 2 rings (SSSR count). The first-order valence-corrected chi connectivity index (χ1v) is 7.05. The van der Waals surface area contributed by atoms with Crippen LogP contribution in [0.25, 0.3) is 0 Å². The number of para-hydroxylation sites is 1. The van der Waals surface area contributed by atoms with Gasteiger partial charge in [-0.25, -0.2) is 0 Å². The zero-order valence-electron chi connectivity index (χ0n) is 10.8. The fraction of sp³-hybridized carbons (Fsp3) is 0.133. The number of carbonyl (C=O) groups is 1. The molecule has 0 atom stereocenters. The predicted octanol–water partition coefficient (Wildman–Crippen LogP) is 3.99. The zero-order chi connectivity index (χ0) is 13.8. The van der Waals surface area contributed by atoms with E-state index in [1.165, 1.54) is 6.92 Å². The zero-order valence-corrected chi connectivity index (χ0v) is 11.7. The number of ketones is 1. The summed E-state index contributed by atoms with van der Waals surface area (Å²) >= 11 is 1.61. The van der Waals surface area contributed by atoms with Gasteiger partial charge in [-0.3, -0.25) is 4.79 Å². The summed E-state index contributed by atoms with van der Waals surface area (Å²) in [6, 6.07) is 12.9. The molecule has 3 nitrogen and oxygen atoms in total. The highest BCUT2D eigenvalue weighted by molar-refractivity contribution is 7.98. The molecule has 0 aliphatic rings. The predicted molar refractivity (Wildman–Crippen MR) is 79.2 cm³/mol. The quantitative estimate of drug-likeness (QED) is 0.520. The lowest BCUT2D eigenvalue weighted by molar-refractivity contribution is 0.101. The van der Waals surface area contributed by atoms with Gasteiger partial charge in [0.1, 0.15) is 11.5 Å². The highest BCUT2D eigenvalue weighted by atomic mass is 32.2. The van der Waals surface area contributed by atoms with Gasteiger partial charge < -0.3 is 10.5 Å². The molecule has 2 N–H and O–H groups in total. The molecule has 4 heteroatoms. The first-order valence-electron chi connectivity index (χ1n) is 5.83. The minimum absolute atomic E-state index is 0.0684. The lowest BCUT2D eigenvalue weighted by atomic mass is 10.1. The maximum Gasteiger partial charge on any atom is 0.162 e. The van der Waals surface area contributed by atoms with Crippen molar-refractivity contribution in [3.05, 3.63) is 48.0 Å². The molecule has 0 heterocycles. The third-order valence-electron chi connectivity index (χ3n) is 2.70. The molecule has 0 unspecified atom stereocenters. The minimum atomic E-state index is -0.0684. The Morgan fingerprint density at radius 2 is 1.95 bits per heavy atom. The number of anilines is 1. The number of ether oxygens (including phenoxy) is 1. The van der Waals surface area contributed by atoms with E-state index in [0.29, 0.717) is 17.0 Å². The maximum atomic E-state index is 11.5. The maximum absolute atomic E-state index is 11.5. The number of hydrogen-bond acceptors (Lipinski definition) is 4. The Hall–Kier alpha value is -1.94. The molecule has 0 saturated carbocycles. The highest BCUT2D eigenvalue weighted by Crippen LogP contribution is 2.32. The van der Waals surface area contributed by atoms with Crippen molar-refractivity contribution >= 4 is 23.2 Å². The molecule has 19 heavy (non-hydrogen) atoms. The second kappa shape index (κ2) is 5.80. The Morgan fingerprint density at radius 3 is 2.63 bits per heavy atom. The first kappa shape index (κ1) is 13.5. The van der Waals surface area contributed by atoms with Crippen LogP contribution in [0.3, 0.4) is 0 Å². The number of carbonyl (C=O) groups excluding carboxylic acids is 1. The smallest absolute Gasteiger partial charge is 0.162 e. The van der Waals surface area contributed by atoms with Gasteiger partial charge >= 0.3 is 0 Å². The number of nitrogens with two attached hydrogens (primary N) is 1. The number of hydrogen-bond donors (Lipinski definition) is 1. The molecule has 0 saturated heterocycles. The van der Waals surface area contributed by atoms with Crippen LogP contribution in [0.5, 0.6) is 11.5 Å². The second-order valence-corrected chi connectivity index (χ2v) is 4.91. The average molecular weight is 273 g/mol. The van der Waals surface area contributed by atoms with Crippen molar-refractivity contribution in [2.45, 2.75) is 11.8 Å². The fourth-order valence-corrected chi connectivity index (χ4v) is 2.26. The van der Waals surface area contributed by atoms with Crippen LogP contribution in [-0.4, -0.2) is 12.0 Å². The number of thioether (sulfide) groups is 1. The van der Waals surface area contributed by atoms with Gasteiger partial charge in [-0.1, -0.05) is 12.1 Å². The van der Waals surface area contributed by atoms with E-state index in [9.17, 15) is 4.79 Å². The standard InChI is InChI=1S/C15H15NO2S/c1-10(17)12-9-11(7-8-13(12)16)18-14-5-3-4-6-15(14)19-2/h3-9H,16H2,1-2H3. The van der Waals surface area contributed by atoms with Crippen molar-refractivity contribution in [1.29, 1.82) is 0 Å². The Balaban J connectivity index is 2.33. The second-order valence-electron chi connectivity index (χ2n) is 4.06. The Kier molecular flexibility index (Phi) is 4.12. The topological polar surface area (TPSA) is 52.3 Å². The van der Waals surface area contributed by atoms with E-state index >= 15 is 0 Å². The SMILES string of the molecule is CSc1ccccc1Oc1ccc(N)c(C(C)=O)c1. The van der Waals surface area contributed by atoms with Gasteiger partial charge in [0.2, 0.25) is 0 Å². The minimum Gasteiger partial charge on any atom is -0.456 e. The number of benzene rings is 2. The van der Waals surface area contributed by atoms with Crippen LogP contribution < -0.4 is 10.5 Å². The van der Waals surface area contributed by atoms with Gasteiger partial charge in [-0.05, 0) is 43.5 Å². The molecule has 0 amide bonds. The molecule has 2 aromatic carbocycles. The number of nitrogen functional groups attached to an aromatic ring is 1. The van der Waals surface area contributed by atoms with Crippen LogP contribution in [0.1, 0.15) is 17.3 Å². The lowest BCUT2D eigenvalue weighted by Crippen LogP contribution is -2.00. The van der Waals surface area contributed by atoms with E-state index in [0.717, 1.165) is 10.6 Å². The van der Waals surface area contributed by atoms with Gasteiger partial charge in [0.25, 0.3) is 0 Å². The summed E-state index contributed by atoms with van der Waals surface area (Å²) in [5, 5.41) is 0. The molecule has 0 radical (unpaired) electrons. The molecule has 0 fully saturated rings. The third kappa shape index (κ3) is 3.09. The van der Waals surface area contributed by atoms with Gasteiger partial charge in [0.05, 0.1) is 0 Å². The van der Waals surface area contributed by atoms with Crippen LogP contribution in [-0.2, 0) is 0 Å². The fourth-order valence-electron chi connectivity index (χ4n) is 1.73. The molecule has 98 valence electrons. The van der Waals surface area contributed by atoms with Crippen LogP contribution in [0, 0.1) is 0 Å². The molecular weight excluding hydrogens is 258 g/mol. The Morgan fingerprint density at radius 1 is 1.21 bits per heavy atom. The summed E-state index contributed by atoms with van der Waals surface area (Å²) in [6.07, 6.45) is 1.99. The highest BCUT2D eigenvalue weighted by Gasteiger charge is 2.08. The summed E-state index contributed by atoms with van der Waals surface area (Å²) in [5.74, 6) is 1.32. The lowest BCUT2D eigenvalue weighted by Gasteiger charge is -2.11.